The number of amides is 1. The standard InChI is InChI=1S/C20H16Cl2F4N4O3S2/c21-12-2-3-15(18-17(12)13(22)10-27-18)28-34(32)11-1-4-16(14(23)9-11)35(33)30-7-5-29(6-8-30)19(31)20(24,25)26/h1-4,9-10,27-28H,5-8H2. The fraction of sp³-hybridized carbons (Fsp3) is 0.250. The van der Waals surface area contributed by atoms with Crippen LogP contribution in [-0.2, 0) is 26.8 Å². The van der Waals surface area contributed by atoms with E-state index in [4.69, 9.17) is 23.2 Å². The van der Waals surface area contributed by atoms with Crippen molar-refractivity contribution < 1.29 is 30.8 Å². The van der Waals surface area contributed by atoms with Gasteiger partial charge < -0.3 is 9.88 Å². The lowest BCUT2D eigenvalue weighted by atomic mass is 10.2. The van der Waals surface area contributed by atoms with E-state index in [-0.39, 0.29) is 36.0 Å². The van der Waals surface area contributed by atoms with E-state index in [2.05, 4.69) is 9.71 Å². The van der Waals surface area contributed by atoms with E-state index < -0.39 is 39.9 Å². The summed E-state index contributed by atoms with van der Waals surface area (Å²) in [5.74, 6) is -2.86. The van der Waals surface area contributed by atoms with Gasteiger partial charge in [-0.15, -0.1) is 0 Å². The molecule has 2 heterocycles. The molecule has 1 aromatic heterocycles. The van der Waals surface area contributed by atoms with Gasteiger partial charge >= 0.3 is 12.1 Å². The molecule has 1 fully saturated rings. The van der Waals surface area contributed by atoms with E-state index in [1.165, 1.54) is 22.6 Å². The molecule has 4 rings (SSSR count). The van der Waals surface area contributed by atoms with Crippen molar-refractivity contribution in [2.45, 2.75) is 16.0 Å². The molecule has 0 spiro atoms. The Hall–Kier alpha value is -2.19. The van der Waals surface area contributed by atoms with Crippen molar-refractivity contribution in [1.82, 2.24) is 14.2 Å². The van der Waals surface area contributed by atoms with Crippen LogP contribution in [0.15, 0.2) is 46.3 Å². The molecular weight excluding hydrogens is 555 g/mol. The van der Waals surface area contributed by atoms with Gasteiger partial charge in [0.05, 0.1) is 31.0 Å². The number of anilines is 1. The van der Waals surface area contributed by atoms with Crippen LogP contribution < -0.4 is 4.72 Å². The van der Waals surface area contributed by atoms with Crippen molar-refractivity contribution in [1.29, 1.82) is 0 Å². The average Bonchev–Trinajstić information content (AvgIpc) is 3.22. The Morgan fingerprint density at radius 2 is 1.71 bits per heavy atom. The maximum atomic E-state index is 14.8. The Morgan fingerprint density at radius 1 is 1.03 bits per heavy atom. The highest BCUT2D eigenvalue weighted by Crippen LogP contribution is 2.35. The number of H-pyrrole nitrogens is 1. The normalized spacial score (nSPS) is 16.9. The molecule has 1 aliphatic heterocycles. The predicted octanol–water partition coefficient (Wildman–Crippen LogP) is 4.48. The van der Waals surface area contributed by atoms with Crippen molar-refractivity contribution in [3.05, 3.63) is 52.4 Å². The van der Waals surface area contributed by atoms with Crippen LogP contribution in [0.4, 0.5) is 23.2 Å². The number of aromatic nitrogens is 1. The van der Waals surface area contributed by atoms with Crippen molar-refractivity contribution >= 4 is 67.7 Å². The maximum absolute atomic E-state index is 14.8. The summed E-state index contributed by atoms with van der Waals surface area (Å²) in [4.78, 5) is 14.7. The van der Waals surface area contributed by atoms with Crippen LogP contribution >= 0.6 is 23.2 Å². The summed E-state index contributed by atoms with van der Waals surface area (Å²) in [6, 6.07) is 6.65. The highest BCUT2D eigenvalue weighted by atomic mass is 35.5. The molecule has 188 valence electrons. The highest BCUT2D eigenvalue weighted by molar-refractivity contribution is 7.86. The first-order chi connectivity index (χ1) is 16.5. The molecular formula is C20H16Cl2F4N4O3S2. The molecule has 0 radical (unpaired) electrons. The molecule has 0 saturated carbocycles. The summed E-state index contributed by atoms with van der Waals surface area (Å²) < 4.78 is 82.2. The quantitative estimate of drug-likeness (QED) is 0.443. The predicted molar refractivity (Wildman–Crippen MR) is 125 cm³/mol. The van der Waals surface area contributed by atoms with Crippen molar-refractivity contribution in [2.75, 3.05) is 30.9 Å². The van der Waals surface area contributed by atoms with Gasteiger partial charge in [-0.2, -0.15) is 13.2 Å². The van der Waals surface area contributed by atoms with Gasteiger partial charge in [-0.3, -0.25) is 9.52 Å². The third-order valence-corrected chi connectivity index (χ3v) is 8.49. The molecule has 35 heavy (non-hydrogen) atoms. The smallest absolute Gasteiger partial charge is 0.358 e. The minimum atomic E-state index is -4.99. The van der Waals surface area contributed by atoms with Crippen LogP contribution in [0.2, 0.25) is 10.0 Å². The Bertz CT molecular complexity index is 1340. The Balaban J connectivity index is 1.45. The SMILES string of the molecule is O=C(N1CCN(S(=O)c2ccc(S(=O)Nc3ccc(Cl)c4c(Cl)c[nH]c34)cc2F)CC1)C(F)(F)F. The minimum Gasteiger partial charge on any atom is -0.358 e. The third kappa shape index (κ3) is 5.33. The van der Waals surface area contributed by atoms with Gasteiger partial charge in [-0.25, -0.2) is 17.1 Å². The molecule has 15 heteroatoms. The summed E-state index contributed by atoms with van der Waals surface area (Å²) in [6.07, 6.45) is -3.47. The number of piperazine rings is 1. The van der Waals surface area contributed by atoms with Gasteiger partial charge in [-0.05, 0) is 30.3 Å². The molecule has 0 aliphatic carbocycles. The van der Waals surface area contributed by atoms with Crippen LogP contribution in [0.3, 0.4) is 0 Å². The first-order valence-electron chi connectivity index (χ1n) is 9.93. The molecule has 1 saturated heterocycles. The van der Waals surface area contributed by atoms with Gasteiger partial charge in [0, 0.05) is 37.8 Å². The lowest BCUT2D eigenvalue weighted by molar-refractivity contribution is -0.186. The summed E-state index contributed by atoms with van der Waals surface area (Å²) >= 11 is 12.3. The van der Waals surface area contributed by atoms with Crippen LogP contribution in [-0.4, -0.2) is 60.9 Å². The summed E-state index contributed by atoms with van der Waals surface area (Å²) in [7, 11) is -3.93. The molecule has 2 unspecified atom stereocenters. The number of carbonyl (C=O) groups excluding carboxylic acids is 1. The number of nitrogens with zero attached hydrogens (tertiary/aromatic N) is 2. The van der Waals surface area contributed by atoms with E-state index in [1.54, 1.807) is 12.1 Å². The number of carbonyl (C=O) groups is 1. The van der Waals surface area contributed by atoms with E-state index in [1.807, 2.05) is 0 Å². The van der Waals surface area contributed by atoms with E-state index in [9.17, 15) is 30.8 Å². The summed E-state index contributed by atoms with van der Waals surface area (Å²) in [5.41, 5.74) is 0.922. The number of hydrogen-bond acceptors (Lipinski definition) is 3. The lowest BCUT2D eigenvalue weighted by Gasteiger charge is -2.34. The number of nitrogens with one attached hydrogen (secondary N) is 2. The lowest BCUT2D eigenvalue weighted by Crippen LogP contribution is -2.52. The van der Waals surface area contributed by atoms with E-state index in [0.29, 0.717) is 31.5 Å². The number of aromatic amines is 1. The molecule has 7 nitrogen and oxygen atoms in total. The monoisotopic (exact) mass is 570 g/mol. The third-order valence-electron chi connectivity index (χ3n) is 5.25. The molecule has 1 amide bonds. The number of halogens is 6. The van der Waals surface area contributed by atoms with Gasteiger partial charge in [0.15, 0.2) is 0 Å². The van der Waals surface area contributed by atoms with Crippen molar-refractivity contribution in [3.63, 3.8) is 0 Å². The number of alkyl halides is 3. The Labute approximate surface area is 211 Å². The molecule has 0 bridgehead atoms. The van der Waals surface area contributed by atoms with E-state index in [0.717, 1.165) is 6.07 Å². The first kappa shape index (κ1) is 25.9. The van der Waals surface area contributed by atoms with Crippen LogP contribution in [0.25, 0.3) is 10.9 Å². The minimum absolute atomic E-state index is 0.0598. The second-order valence-corrected chi connectivity index (χ2v) is 10.9. The maximum Gasteiger partial charge on any atom is 0.471 e. The highest BCUT2D eigenvalue weighted by Gasteiger charge is 2.43. The van der Waals surface area contributed by atoms with Crippen LogP contribution in [0.5, 0.6) is 0 Å². The molecule has 2 aromatic carbocycles. The number of fused-ring (bicyclic) bond motifs is 1. The largest absolute Gasteiger partial charge is 0.471 e. The van der Waals surface area contributed by atoms with Crippen LogP contribution in [0.1, 0.15) is 0 Å². The second-order valence-electron chi connectivity index (χ2n) is 7.41. The van der Waals surface area contributed by atoms with Gasteiger partial charge in [0.1, 0.15) is 27.8 Å². The number of rotatable bonds is 5. The zero-order valence-electron chi connectivity index (χ0n) is 17.5. The van der Waals surface area contributed by atoms with Gasteiger partial charge in [0.2, 0.25) is 0 Å². The first-order valence-corrected chi connectivity index (χ1v) is 12.9. The topological polar surface area (TPSA) is 85.5 Å². The van der Waals surface area contributed by atoms with Crippen molar-refractivity contribution in [3.8, 4) is 0 Å². The Morgan fingerprint density at radius 3 is 2.34 bits per heavy atom. The molecule has 3 aromatic rings. The summed E-state index contributed by atoms with van der Waals surface area (Å²) in [5, 5.41) is 1.30. The Kier molecular flexibility index (Phi) is 7.44. The fourth-order valence-corrected chi connectivity index (χ4v) is 6.16. The second kappa shape index (κ2) is 10.1. The molecule has 1 aliphatic rings. The van der Waals surface area contributed by atoms with E-state index >= 15 is 0 Å². The van der Waals surface area contributed by atoms with Crippen molar-refractivity contribution in [2.24, 2.45) is 0 Å². The molecule has 2 atom stereocenters. The number of hydrogen-bond donors (Lipinski definition) is 2. The fourth-order valence-electron chi connectivity index (χ4n) is 3.53. The zero-order valence-corrected chi connectivity index (χ0v) is 20.6. The number of benzene rings is 2. The average molecular weight is 571 g/mol. The van der Waals surface area contributed by atoms with Gasteiger partial charge in [0.25, 0.3) is 0 Å². The van der Waals surface area contributed by atoms with Crippen LogP contribution in [0, 0.1) is 5.82 Å². The van der Waals surface area contributed by atoms with Gasteiger partial charge in [-0.1, -0.05) is 23.2 Å². The summed E-state index contributed by atoms with van der Waals surface area (Å²) in [6.45, 7) is -0.852. The zero-order chi connectivity index (χ0) is 25.5. The molecule has 2 N–H and O–H groups in total.